The minimum absolute atomic E-state index is 0.0760. The van der Waals surface area contributed by atoms with Gasteiger partial charge in [-0.2, -0.15) is 0 Å². The fraction of sp³-hybridized carbons (Fsp3) is 0.360. The molecule has 3 aromatic rings. The molecule has 8 nitrogen and oxygen atoms in total. The van der Waals surface area contributed by atoms with Crippen LogP contribution < -0.4 is 15.4 Å². The third-order valence-electron chi connectivity index (χ3n) is 5.13. The summed E-state index contributed by atoms with van der Waals surface area (Å²) in [6, 6.07) is 17.5. The van der Waals surface area contributed by atoms with Crippen molar-refractivity contribution in [2.45, 2.75) is 51.5 Å². The van der Waals surface area contributed by atoms with E-state index in [1.165, 1.54) is 17.3 Å². The molecule has 180 valence electrons. The highest BCUT2D eigenvalue weighted by Gasteiger charge is 2.14. The van der Waals surface area contributed by atoms with E-state index in [-0.39, 0.29) is 30.7 Å². The summed E-state index contributed by atoms with van der Waals surface area (Å²) in [6.45, 7) is 7.50. The first kappa shape index (κ1) is 25.3. The van der Waals surface area contributed by atoms with Gasteiger partial charge in [0.1, 0.15) is 5.75 Å². The van der Waals surface area contributed by atoms with Gasteiger partial charge in [0, 0.05) is 13.1 Å². The van der Waals surface area contributed by atoms with Crippen molar-refractivity contribution >= 4 is 23.6 Å². The molecule has 0 aliphatic carbocycles. The average Bonchev–Trinajstić information content (AvgIpc) is 3.26. The number of aromatic nitrogens is 3. The lowest BCUT2D eigenvalue weighted by Crippen LogP contribution is -2.29. The molecule has 0 fully saturated rings. The molecule has 1 heterocycles. The van der Waals surface area contributed by atoms with Gasteiger partial charge in [0.2, 0.25) is 5.91 Å². The summed E-state index contributed by atoms with van der Waals surface area (Å²) in [5, 5.41) is 14.7. The Morgan fingerprint density at radius 2 is 1.68 bits per heavy atom. The van der Waals surface area contributed by atoms with Crippen LogP contribution in [-0.2, 0) is 29.2 Å². The van der Waals surface area contributed by atoms with Gasteiger partial charge in [-0.25, -0.2) is 0 Å². The third kappa shape index (κ3) is 7.62. The van der Waals surface area contributed by atoms with Crippen molar-refractivity contribution in [3.8, 4) is 5.75 Å². The molecule has 1 aromatic heterocycles. The van der Waals surface area contributed by atoms with E-state index in [2.05, 4.69) is 34.7 Å². The first-order valence-corrected chi connectivity index (χ1v) is 12.3. The van der Waals surface area contributed by atoms with Gasteiger partial charge in [-0.15, -0.1) is 10.2 Å². The number of hydrogen-bond acceptors (Lipinski definition) is 6. The second-order valence-corrected chi connectivity index (χ2v) is 8.93. The maximum Gasteiger partial charge on any atom is 0.258 e. The van der Waals surface area contributed by atoms with Crippen molar-refractivity contribution in [2.75, 3.05) is 12.4 Å². The Balaban J connectivity index is 1.43. The molecule has 0 atom stereocenters. The predicted octanol–water partition coefficient (Wildman–Crippen LogP) is 3.53. The van der Waals surface area contributed by atoms with Crippen LogP contribution >= 0.6 is 11.8 Å². The van der Waals surface area contributed by atoms with Gasteiger partial charge in [-0.05, 0) is 36.1 Å². The molecule has 0 aliphatic rings. The second kappa shape index (κ2) is 12.8. The number of carbonyl (C=O) groups is 2. The van der Waals surface area contributed by atoms with E-state index in [0.717, 1.165) is 5.56 Å². The van der Waals surface area contributed by atoms with Crippen LogP contribution in [0.3, 0.4) is 0 Å². The lowest BCUT2D eigenvalue weighted by molar-refractivity contribution is -0.123. The largest absolute Gasteiger partial charge is 0.484 e. The Bertz CT molecular complexity index is 1070. The smallest absolute Gasteiger partial charge is 0.258 e. The van der Waals surface area contributed by atoms with Crippen LogP contribution in [-0.4, -0.2) is 38.9 Å². The van der Waals surface area contributed by atoms with E-state index in [0.29, 0.717) is 35.7 Å². The first-order chi connectivity index (χ1) is 16.5. The number of amides is 2. The van der Waals surface area contributed by atoms with Crippen molar-refractivity contribution < 1.29 is 14.3 Å². The molecule has 0 saturated heterocycles. The Kier molecular flexibility index (Phi) is 9.51. The Morgan fingerprint density at radius 1 is 0.971 bits per heavy atom. The van der Waals surface area contributed by atoms with Crippen molar-refractivity contribution in [3.05, 3.63) is 71.5 Å². The molecule has 0 aliphatic heterocycles. The molecular formula is C25H31N5O3S. The monoisotopic (exact) mass is 481 g/mol. The van der Waals surface area contributed by atoms with Crippen LogP contribution in [0.15, 0.2) is 59.8 Å². The topological polar surface area (TPSA) is 98.1 Å². The maximum absolute atomic E-state index is 12.2. The van der Waals surface area contributed by atoms with Crippen molar-refractivity contribution in [1.29, 1.82) is 0 Å². The number of ether oxygens (including phenoxy) is 1. The second-order valence-electron chi connectivity index (χ2n) is 7.98. The van der Waals surface area contributed by atoms with Crippen molar-refractivity contribution in [3.63, 3.8) is 0 Å². The summed E-state index contributed by atoms with van der Waals surface area (Å²) in [5.41, 5.74) is 2.27. The number of rotatable bonds is 12. The molecule has 0 bridgehead atoms. The van der Waals surface area contributed by atoms with Crippen LogP contribution in [0, 0.1) is 0 Å². The van der Waals surface area contributed by atoms with Crippen LogP contribution in [0.4, 0.5) is 0 Å². The maximum atomic E-state index is 12.2. The van der Waals surface area contributed by atoms with E-state index >= 15 is 0 Å². The van der Waals surface area contributed by atoms with Crippen LogP contribution in [0.5, 0.6) is 5.75 Å². The molecule has 0 spiro atoms. The Labute approximate surface area is 204 Å². The van der Waals surface area contributed by atoms with Crippen molar-refractivity contribution in [2.24, 2.45) is 0 Å². The van der Waals surface area contributed by atoms with Gasteiger partial charge >= 0.3 is 0 Å². The molecule has 2 N–H and O–H groups in total. The van der Waals surface area contributed by atoms with Crippen molar-refractivity contribution in [1.82, 2.24) is 25.4 Å². The van der Waals surface area contributed by atoms with Gasteiger partial charge in [-0.1, -0.05) is 68.1 Å². The van der Waals surface area contributed by atoms with Gasteiger partial charge in [0.15, 0.2) is 17.6 Å². The van der Waals surface area contributed by atoms with Gasteiger partial charge in [0.05, 0.1) is 12.3 Å². The molecule has 34 heavy (non-hydrogen) atoms. The SMILES string of the molecule is CCn1c(CNC(=O)COc2ccc(C(C)C)cc2)nnc1SCC(=O)NCc1ccccc1. The summed E-state index contributed by atoms with van der Waals surface area (Å²) >= 11 is 1.32. The Hall–Kier alpha value is -3.33. The van der Waals surface area contributed by atoms with Crippen LogP contribution in [0.2, 0.25) is 0 Å². The zero-order valence-electron chi connectivity index (χ0n) is 19.8. The fourth-order valence-corrected chi connectivity index (χ4v) is 4.03. The summed E-state index contributed by atoms with van der Waals surface area (Å²) in [5.74, 6) is 1.65. The number of carbonyl (C=O) groups excluding carboxylic acids is 2. The highest BCUT2D eigenvalue weighted by molar-refractivity contribution is 7.99. The molecular weight excluding hydrogens is 450 g/mol. The van der Waals surface area contributed by atoms with E-state index in [1.807, 2.05) is 66.1 Å². The highest BCUT2D eigenvalue weighted by atomic mass is 32.2. The van der Waals surface area contributed by atoms with E-state index in [4.69, 9.17) is 4.74 Å². The summed E-state index contributed by atoms with van der Waals surface area (Å²) in [6.07, 6.45) is 0. The van der Waals surface area contributed by atoms with E-state index in [9.17, 15) is 9.59 Å². The standard InChI is InChI=1S/C25H31N5O3S/c1-4-30-22(15-27-23(31)16-33-21-12-10-20(11-13-21)18(2)3)28-29-25(30)34-17-24(32)26-14-19-8-6-5-7-9-19/h5-13,18H,4,14-17H2,1-3H3,(H,26,32)(H,27,31). The fourth-order valence-electron chi connectivity index (χ4n) is 3.18. The lowest BCUT2D eigenvalue weighted by Gasteiger charge is -2.10. The zero-order valence-corrected chi connectivity index (χ0v) is 20.6. The minimum Gasteiger partial charge on any atom is -0.484 e. The summed E-state index contributed by atoms with van der Waals surface area (Å²) < 4.78 is 7.46. The normalized spacial score (nSPS) is 10.8. The highest BCUT2D eigenvalue weighted by Crippen LogP contribution is 2.19. The number of thioether (sulfide) groups is 1. The molecule has 2 amide bonds. The summed E-state index contributed by atoms with van der Waals surface area (Å²) in [4.78, 5) is 24.4. The third-order valence-corrected chi connectivity index (χ3v) is 6.10. The van der Waals surface area contributed by atoms with Gasteiger partial charge in [0.25, 0.3) is 5.91 Å². The van der Waals surface area contributed by atoms with Crippen LogP contribution in [0.1, 0.15) is 43.6 Å². The molecule has 0 radical (unpaired) electrons. The van der Waals surface area contributed by atoms with E-state index in [1.54, 1.807) is 0 Å². The number of nitrogens with zero attached hydrogens (tertiary/aromatic N) is 3. The predicted molar refractivity (Wildman–Crippen MR) is 133 cm³/mol. The van der Waals surface area contributed by atoms with E-state index < -0.39 is 0 Å². The molecule has 2 aromatic carbocycles. The number of nitrogens with one attached hydrogen (secondary N) is 2. The van der Waals surface area contributed by atoms with Gasteiger partial charge in [-0.3, -0.25) is 9.59 Å². The lowest BCUT2D eigenvalue weighted by atomic mass is 10.0. The van der Waals surface area contributed by atoms with Crippen LogP contribution in [0.25, 0.3) is 0 Å². The first-order valence-electron chi connectivity index (χ1n) is 11.3. The average molecular weight is 482 g/mol. The summed E-state index contributed by atoms with van der Waals surface area (Å²) in [7, 11) is 0. The Morgan fingerprint density at radius 3 is 2.35 bits per heavy atom. The molecule has 0 saturated carbocycles. The number of benzene rings is 2. The molecule has 9 heteroatoms. The van der Waals surface area contributed by atoms with Gasteiger partial charge < -0.3 is 19.9 Å². The minimum atomic E-state index is -0.243. The zero-order chi connectivity index (χ0) is 24.3. The molecule has 0 unspecified atom stereocenters. The quantitative estimate of drug-likeness (QED) is 0.384. The molecule has 3 rings (SSSR count). The number of hydrogen-bond donors (Lipinski definition) is 2.